The van der Waals surface area contributed by atoms with Gasteiger partial charge in [0, 0.05) is 29.6 Å². The predicted octanol–water partition coefficient (Wildman–Crippen LogP) is 2.23. The van der Waals surface area contributed by atoms with Crippen LogP contribution in [0, 0.1) is 11.8 Å². The Morgan fingerprint density at radius 1 is 1.21 bits per heavy atom. The Kier molecular flexibility index (Phi) is 6.96. The summed E-state index contributed by atoms with van der Waals surface area (Å²) in [4.78, 5) is 10.6. The third-order valence-corrected chi connectivity index (χ3v) is 3.70. The molecule has 0 amide bonds. The zero-order chi connectivity index (χ0) is 20.7. The predicted molar refractivity (Wildman–Crippen MR) is 116 cm³/mol. The van der Waals surface area contributed by atoms with Crippen molar-refractivity contribution >= 4 is 11.5 Å². The number of aromatic nitrogens is 1. The summed E-state index contributed by atoms with van der Waals surface area (Å²) in [5, 5.41) is 0. The quantitative estimate of drug-likeness (QED) is 0.550. The van der Waals surface area contributed by atoms with E-state index in [0.29, 0.717) is 22.8 Å². The van der Waals surface area contributed by atoms with E-state index in [0.717, 1.165) is 23.2 Å². The molecule has 0 saturated heterocycles. The smallest absolute Gasteiger partial charge is 0.123 e. The molecule has 1 heterocycles. The largest absolute Gasteiger partial charge is 0.401 e. The van der Waals surface area contributed by atoms with Gasteiger partial charge in [-0.15, -0.1) is 0 Å². The number of anilines is 1. The Morgan fingerprint density at radius 2 is 1.96 bits per heavy atom. The lowest BCUT2D eigenvalue weighted by atomic mass is 9.98. The summed E-state index contributed by atoms with van der Waals surface area (Å²) in [5.41, 5.74) is 22.0. The van der Waals surface area contributed by atoms with Crippen LogP contribution in [-0.4, -0.2) is 29.7 Å². The first-order valence-electron chi connectivity index (χ1n) is 8.73. The molecule has 6 nitrogen and oxygen atoms in total. The number of hydrogen-bond acceptors (Lipinski definition) is 6. The van der Waals surface area contributed by atoms with E-state index in [1.165, 1.54) is 0 Å². The Hall–Kier alpha value is -3.56. The Balaban J connectivity index is 2.53. The molecule has 6 heteroatoms. The highest BCUT2D eigenvalue weighted by Gasteiger charge is 2.12. The highest BCUT2D eigenvalue weighted by atomic mass is 15.0. The monoisotopic (exact) mass is 374 g/mol. The number of hydrogen-bond donors (Lipinski definition) is 3. The molecule has 1 aromatic heterocycles. The number of nitrogens with two attached hydrogens (primary N) is 3. The van der Waals surface area contributed by atoms with Crippen molar-refractivity contribution in [3.63, 3.8) is 0 Å². The molecule has 144 valence electrons. The fourth-order valence-corrected chi connectivity index (χ4v) is 2.55. The normalized spacial score (nSPS) is 12.2. The van der Waals surface area contributed by atoms with Crippen molar-refractivity contribution in [2.24, 2.45) is 16.5 Å². The molecular weight excluding hydrogens is 348 g/mol. The Labute approximate surface area is 166 Å². The molecule has 0 saturated carbocycles. The van der Waals surface area contributed by atoms with Crippen molar-refractivity contribution in [2.75, 3.05) is 19.8 Å². The summed E-state index contributed by atoms with van der Waals surface area (Å²) in [6.07, 6.45) is 1.61. The van der Waals surface area contributed by atoms with Gasteiger partial charge in [0.25, 0.3) is 0 Å². The van der Waals surface area contributed by atoms with Crippen molar-refractivity contribution in [2.45, 2.75) is 13.5 Å². The minimum Gasteiger partial charge on any atom is -0.401 e. The van der Waals surface area contributed by atoms with E-state index < -0.39 is 0 Å². The number of pyridine rings is 1. The fraction of sp³-hybridized carbons (Fsp3) is 0.182. The van der Waals surface area contributed by atoms with Crippen LogP contribution in [0.1, 0.15) is 23.6 Å². The number of nitrogens with zero attached hydrogens (tertiary/aromatic N) is 3. The molecule has 0 unspecified atom stereocenters. The molecule has 0 atom stereocenters. The highest BCUT2D eigenvalue weighted by molar-refractivity contribution is 6.16. The van der Waals surface area contributed by atoms with Crippen molar-refractivity contribution in [3.05, 3.63) is 83.0 Å². The van der Waals surface area contributed by atoms with Crippen LogP contribution in [0.4, 0.5) is 5.82 Å². The zero-order valence-electron chi connectivity index (χ0n) is 16.5. The Bertz CT molecular complexity index is 968. The van der Waals surface area contributed by atoms with Gasteiger partial charge >= 0.3 is 0 Å². The maximum Gasteiger partial charge on any atom is 0.123 e. The van der Waals surface area contributed by atoms with Crippen LogP contribution in [0.15, 0.2) is 71.3 Å². The van der Waals surface area contributed by atoms with Crippen molar-refractivity contribution in [1.29, 1.82) is 0 Å². The van der Waals surface area contributed by atoms with Crippen LogP contribution in [0.3, 0.4) is 0 Å². The number of allylic oxidation sites excluding steroid dienone is 2. The van der Waals surface area contributed by atoms with E-state index in [1.807, 2.05) is 26.2 Å². The second kappa shape index (κ2) is 9.40. The second-order valence-electron chi connectivity index (χ2n) is 6.67. The van der Waals surface area contributed by atoms with Crippen molar-refractivity contribution in [3.8, 4) is 11.8 Å². The summed E-state index contributed by atoms with van der Waals surface area (Å²) < 4.78 is 0. The Morgan fingerprint density at radius 3 is 2.54 bits per heavy atom. The molecule has 2 aromatic rings. The van der Waals surface area contributed by atoms with Crippen LogP contribution in [0.2, 0.25) is 0 Å². The summed E-state index contributed by atoms with van der Waals surface area (Å²) in [5.74, 6) is 6.79. The van der Waals surface area contributed by atoms with Gasteiger partial charge in [0.15, 0.2) is 0 Å². The average Bonchev–Trinajstić information content (AvgIpc) is 2.61. The first-order valence-corrected chi connectivity index (χ1v) is 8.73. The SMILES string of the molecule is C=C(N)/N=C(\C(C#Cc1ccc(N)nc1)=C(\C)N)c1cccc(CN(C)C)c1. The zero-order valence-corrected chi connectivity index (χ0v) is 16.5. The molecule has 0 aliphatic heterocycles. The van der Waals surface area contributed by atoms with Gasteiger partial charge in [-0.2, -0.15) is 0 Å². The number of benzene rings is 1. The second-order valence-corrected chi connectivity index (χ2v) is 6.67. The lowest BCUT2D eigenvalue weighted by molar-refractivity contribution is 0.402. The molecule has 2 rings (SSSR count). The molecular formula is C22H26N6. The van der Waals surface area contributed by atoms with Crippen molar-refractivity contribution < 1.29 is 0 Å². The van der Waals surface area contributed by atoms with Crippen LogP contribution in [-0.2, 0) is 6.54 Å². The molecule has 28 heavy (non-hydrogen) atoms. The molecule has 6 N–H and O–H groups in total. The molecule has 1 aromatic carbocycles. The summed E-state index contributed by atoms with van der Waals surface area (Å²) in [7, 11) is 4.04. The van der Waals surface area contributed by atoms with Gasteiger partial charge in [0.05, 0.1) is 11.3 Å². The lowest BCUT2D eigenvalue weighted by Crippen LogP contribution is -2.14. The van der Waals surface area contributed by atoms with Gasteiger partial charge in [-0.05, 0) is 44.8 Å². The standard InChI is InChI=1S/C22H26N6/c1-15(23)20(10-8-17-9-11-21(25)26-13-17)22(27-16(2)24)19-7-5-6-18(12-19)14-28(3)4/h5-7,9,11-13H,2,14,23-24H2,1,3-4H3,(H2,25,26)/b20-15-,27-22-. The van der Waals surface area contributed by atoms with E-state index in [4.69, 9.17) is 17.2 Å². The minimum atomic E-state index is 0.183. The van der Waals surface area contributed by atoms with E-state index in [1.54, 1.807) is 25.3 Å². The third kappa shape index (κ3) is 6.01. The number of rotatable bonds is 5. The van der Waals surface area contributed by atoms with Gasteiger partial charge < -0.3 is 22.1 Å². The topological polar surface area (TPSA) is 107 Å². The van der Waals surface area contributed by atoms with E-state index in [-0.39, 0.29) is 5.82 Å². The van der Waals surface area contributed by atoms with Gasteiger partial charge in [0.2, 0.25) is 0 Å². The van der Waals surface area contributed by atoms with Gasteiger partial charge in [-0.1, -0.05) is 36.6 Å². The third-order valence-electron chi connectivity index (χ3n) is 3.70. The van der Waals surface area contributed by atoms with Crippen LogP contribution in [0.5, 0.6) is 0 Å². The van der Waals surface area contributed by atoms with Crippen molar-refractivity contribution in [1.82, 2.24) is 9.88 Å². The molecule has 0 spiro atoms. The molecule has 0 radical (unpaired) electrons. The van der Waals surface area contributed by atoms with E-state index in [2.05, 4.69) is 45.4 Å². The van der Waals surface area contributed by atoms with Crippen LogP contribution >= 0.6 is 0 Å². The summed E-state index contributed by atoms with van der Waals surface area (Å²) in [6, 6.07) is 11.5. The molecule has 0 aliphatic carbocycles. The molecule has 0 bridgehead atoms. The van der Waals surface area contributed by atoms with Crippen LogP contribution in [0.25, 0.3) is 0 Å². The molecule has 0 fully saturated rings. The lowest BCUT2D eigenvalue weighted by Gasteiger charge is -2.13. The first kappa shape index (κ1) is 20.7. The summed E-state index contributed by atoms with van der Waals surface area (Å²) in [6.45, 7) is 6.29. The average molecular weight is 374 g/mol. The fourth-order valence-electron chi connectivity index (χ4n) is 2.55. The highest BCUT2D eigenvalue weighted by Crippen LogP contribution is 2.16. The maximum atomic E-state index is 6.14. The van der Waals surface area contributed by atoms with E-state index in [9.17, 15) is 0 Å². The number of aliphatic imine (C=N–C) groups is 1. The minimum absolute atomic E-state index is 0.183. The number of nitrogen functional groups attached to an aromatic ring is 1. The van der Waals surface area contributed by atoms with E-state index >= 15 is 0 Å². The van der Waals surface area contributed by atoms with Gasteiger partial charge in [-0.25, -0.2) is 9.98 Å². The molecule has 0 aliphatic rings. The van der Waals surface area contributed by atoms with Gasteiger partial charge in [0.1, 0.15) is 11.6 Å². The maximum absolute atomic E-state index is 6.14. The van der Waals surface area contributed by atoms with Gasteiger partial charge in [-0.3, -0.25) is 0 Å². The first-order chi connectivity index (χ1) is 13.3. The van der Waals surface area contributed by atoms with Crippen LogP contribution < -0.4 is 17.2 Å². The summed E-state index contributed by atoms with van der Waals surface area (Å²) >= 11 is 0.